The van der Waals surface area contributed by atoms with E-state index in [0.717, 1.165) is 18.4 Å². The average Bonchev–Trinajstić information content (AvgIpc) is 2.75. The minimum atomic E-state index is -0.368. The molecule has 9 nitrogen and oxygen atoms in total. The van der Waals surface area contributed by atoms with Crippen LogP contribution < -0.4 is 16.4 Å². The smallest absolute Gasteiger partial charge is 0.270 e. The lowest BCUT2D eigenvalue weighted by Crippen LogP contribution is -2.40. The summed E-state index contributed by atoms with van der Waals surface area (Å²) in [6.07, 6.45) is 7.48. The van der Waals surface area contributed by atoms with E-state index in [1.807, 2.05) is 12.1 Å². The van der Waals surface area contributed by atoms with Crippen molar-refractivity contribution in [1.29, 1.82) is 0 Å². The van der Waals surface area contributed by atoms with Gasteiger partial charge in [0.2, 0.25) is 0 Å². The number of hydrogen-bond donors (Lipinski definition) is 2. The van der Waals surface area contributed by atoms with Gasteiger partial charge in [-0.2, -0.15) is 5.10 Å². The number of pyridine rings is 1. The second-order valence-corrected chi connectivity index (χ2v) is 7.02. The van der Waals surface area contributed by atoms with Crippen LogP contribution in [0.5, 0.6) is 0 Å². The third-order valence-corrected chi connectivity index (χ3v) is 5.07. The Labute approximate surface area is 165 Å². The maximum atomic E-state index is 12.4. The summed E-state index contributed by atoms with van der Waals surface area (Å²) >= 11 is 0. The molecule has 29 heavy (non-hydrogen) atoms. The highest BCUT2D eigenvalue weighted by atomic mass is 16.2. The van der Waals surface area contributed by atoms with Crippen molar-refractivity contribution in [2.75, 3.05) is 0 Å². The summed E-state index contributed by atoms with van der Waals surface area (Å²) in [7, 11) is 0. The van der Waals surface area contributed by atoms with Crippen LogP contribution in [0.2, 0.25) is 0 Å². The van der Waals surface area contributed by atoms with E-state index in [2.05, 4.69) is 25.4 Å². The van der Waals surface area contributed by atoms with Gasteiger partial charge >= 0.3 is 0 Å². The van der Waals surface area contributed by atoms with Crippen molar-refractivity contribution < 1.29 is 4.79 Å². The molecule has 0 aliphatic heterocycles. The summed E-state index contributed by atoms with van der Waals surface area (Å²) in [5.41, 5.74) is 1.14. The zero-order valence-electron chi connectivity index (χ0n) is 15.6. The number of carbonyl (C=O) groups is 1. The van der Waals surface area contributed by atoms with Crippen molar-refractivity contribution in [3.8, 4) is 11.3 Å². The van der Waals surface area contributed by atoms with Gasteiger partial charge in [-0.25, -0.2) is 9.67 Å². The van der Waals surface area contributed by atoms with Crippen molar-refractivity contribution in [3.63, 3.8) is 0 Å². The molecule has 0 atom stereocenters. The molecule has 0 radical (unpaired) electrons. The number of aromatic nitrogens is 5. The minimum Gasteiger partial charge on any atom is -0.348 e. The lowest BCUT2D eigenvalue weighted by Gasteiger charge is -2.29. The normalized spacial score (nSPS) is 18.9. The maximum absolute atomic E-state index is 12.4. The van der Waals surface area contributed by atoms with E-state index in [1.165, 1.54) is 18.5 Å². The topological polar surface area (TPSA) is 123 Å². The molecule has 3 aromatic rings. The number of amides is 1. The lowest BCUT2D eigenvalue weighted by atomic mass is 9.91. The zero-order chi connectivity index (χ0) is 20.2. The van der Waals surface area contributed by atoms with Crippen LogP contribution in [-0.4, -0.2) is 36.7 Å². The van der Waals surface area contributed by atoms with Gasteiger partial charge in [-0.1, -0.05) is 0 Å². The van der Waals surface area contributed by atoms with Gasteiger partial charge in [-0.3, -0.25) is 19.4 Å². The number of H-pyrrole nitrogens is 1. The molecule has 0 saturated heterocycles. The Morgan fingerprint density at radius 1 is 1.14 bits per heavy atom. The fraction of sp³-hybridized carbons (Fsp3) is 0.300. The number of nitrogens with one attached hydrogen (secondary N) is 2. The third kappa shape index (κ3) is 4.29. The molecule has 3 aromatic heterocycles. The summed E-state index contributed by atoms with van der Waals surface area (Å²) < 4.78 is 1.54. The van der Waals surface area contributed by atoms with Gasteiger partial charge in [0.15, 0.2) is 0 Å². The van der Waals surface area contributed by atoms with Crippen molar-refractivity contribution in [2.45, 2.75) is 37.8 Å². The first-order chi connectivity index (χ1) is 14.1. The van der Waals surface area contributed by atoms with Gasteiger partial charge in [0.25, 0.3) is 17.0 Å². The van der Waals surface area contributed by atoms with E-state index in [0.29, 0.717) is 18.5 Å². The molecule has 2 N–H and O–H groups in total. The van der Waals surface area contributed by atoms with Crippen LogP contribution in [0.1, 0.15) is 42.2 Å². The average molecular weight is 392 g/mol. The molecule has 4 rings (SSSR count). The second-order valence-electron chi connectivity index (χ2n) is 7.02. The van der Waals surface area contributed by atoms with E-state index in [9.17, 15) is 14.4 Å². The molecule has 1 aliphatic carbocycles. The third-order valence-electron chi connectivity index (χ3n) is 5.07. The first-order valence-corrected chi connectivity index (χ1v) is 9.46. The number of rotatable bonds is 4. The summed E-state index contributed by atoms with van der Waals surface area (Å²) in [6, 6.07) is 8.09. The van der Waals surface area contributed by atoms with E-state index < -0.39 is 0 Å². The highest BCUT2D eigenvalue weighted by Crippen LogP contribution is 2.27. The Bertz CT molecular complexity index is 1120. The predicted octanol–water partition coefficient (Wildman–Crippen LogP) is 1.30. The molecule has 1 saturated carbocycles. The van der Waals surface area contributed by atoms with Gasteiger partial charge in [0.1, 0.15) is 5.69 Å². The quantitative estimate of drug-likeness (QED) is 0.690. The first-order valence-electron chi connectivity index (χ1n) is 9.46. The second kappa shape index (κ2) is 8.17. The molecule has 0 bridgehead atoms. The monoisotopic (exact) mass is 392 g/mol. The summed E-state index contributed by atoms with van der Waals surface area (Å²) in [5.74, 6) is -0.367. The van der Waals surface area contributed by atoms with Crippen LogP contribution in [-0.2, 0) is 0 Å². The van der Waals surface area contributed by atoms with Gasteiger partial charge in [0, 0.05) is 36.1 Å². The largest absolute Gasteiger partial charge is 0.348 e. The fourth-order valence-corrected chi connectivity index (χ4v) is 3.57. The van der Waals surface area contributed by atoms with Crippen LogP contribution in [0.25, 0.3) is 11.3 Å². The zero-order valence-corrected chi connectivity index (χ0v) is 15.6. The molecule has 9 heteroatoms. The molecule has 148 valence electrons. The van der Waals surface area contributed by atoms with Crippen LogP contribution in [0.3, 0.4) is 0 Å². The van der Waals surface area contributed by atoms with Crippen LogP contribution >= 0.6 is 0 Å². The highest BCUT2D eigenvalue weighted by Gasteiger charge is 2.25. The molecule has 0 unspecified atom stereocenters. The fourth-order valence-electron chi connectivity index (χ4n) is 3.57. The minimum absolute atomic E-state index is 0.0232. The Balaban J connectivity index is 1.43. The van der Waals surface area contributed by atoms with Gasteiger partial charge < -0.3 is 10.3 Å². The number of carbonyl (C=O) groups excluding carboxylic acids is 1. The van der Waals surface area contributed by atoms with Gasteiger partial charge in [-0.05, 0) is 43.9 Å². The van der Waals surface area contributed by atoms with Crippen molar-refractivity contribution in [1.82, 2.24) is 30.0 Å². The SMILES string of the molecule is O=C(NC1CCC(n2nc(-c3cccnc3)ccc2=O)CC1)c1cc(=O)[nH]cn1. The summed E-state index contributed by atoms with van der Waals surface area (Å²) in [6.45, 7) is 0. The van der Waals surface area contributed by atoms with Gasteiger partial charge in [-0.15, -0.1) is 0 Å². The number of hydrogen-bond acceptors (Lipinski definition) is 6. The Kier molecular flexibility index (Phi) is 5.28. The molecule has 0 spiro atoms. The molecular weight excluding hydrogens is 372 g/mol. The maximum Gasteiger partial charge on any atom is 0.270 e. The molecule has 1 amide bonds. The molecular formula is C20H20N6O3. The molecule has 3 heterocycles. The van der Waals surface area contributed by atoms with Crippen LogP contribution in [0, 0.1) is 0 Å². The predicted molar refractivity (Wildman–Crippen MR) is 105 cm³/mol. The van der Waals surface area contributed by atoms with E-state index in [1.54, 1.807) is 23.1 Å². The van der Waals surface area contributed by atoms with Crippen LogP contribution in [0.4, 0.5) is 0 Å². The molecule has 0 aromatic carbocycles. The van der Waals surface area contributed by atoms with Crippen molar-refractivity contribution >= 4 is 5.91 Å². The standard InChI is InChI=1S/C20H20N6O3/c27-18-10-17(22-12-23-18)20(29)24-14-3-5-15(6-4-14)26-19(28)8-7-16(25-26)13-2-1-9-21-11-13/h1-2,7-12,14-15H,3-6H2,(H,24,29)(H,22,23,27). The van der Waals surface area contributed by atoms with E-state index in [-0.39, 0.29) is 34.8 Å². The van der Waals surface area contributed by atoms with Crippen LogP contribution in [0.15, 0.2) is 58.6 Å². The van der Waals surface area contributed by atoms with Crippen molar-refractivity contribution in [3.05, 3.63) is 75.5 Å². The Morgan fingerprint density at radius 3 is 2.69 bits per heavy atom. The highest BCUT2D eigenvalue weighted by molar-refractivity contribution is 5.92. The summed E-state index contributed by atoms with van der Waals surface area (Å²) in [4.78, 5) is 46.3. The Morgan fingerprint density at radius 2 is 1.97 bits per heavy atom. The Hall–Kier alpha value is -3.62. The molecule has 1 aliphatic rings. The van der Waals surface area contributed by atoms with E-state index in [4.69, 9.17) is 0 Å². The van der Waals surface area contributed by atoms with Crippen molar-refractivity contribution in [2.24, 2.45) is 0 Å². The van der Waals surface area contributed by atoms with E-state index >= 15 is 0 Å². The van der Waals surface area contributed by atoms with Gasteiger partial charge in [0.05, 0.1) is 18.1 Å². The lowest BCUT2D eigenvalue weighted by molar-refractivity contribution is 0.0916. The summed E-state index contributed by atoms with van der Waals surface area (Å²) in [5, 5.41) is 7.45. The number of aromatic amines is 1. The first kappa shape index (κ1) is 18.7. The number of nitrogens with zero attached hydrogens (tertiary/aromatic N) is 4. The molecule has 1 fully saturated rings.